The molecule has 1 nitrogen and oxygen atoms in total. The minimum atomic E-state index is 0.125. The van der Waals surface area contributed by atoms with E-state index in [4.69, 9.17) is 0 Å². The predicted molar refractivity (Wildman–Crippen MR) is 60.4 cm³/mol. The molecule has 2 aromatic rings. The Hall–Kier alpha value is -1.12. The van der Waals surface area contributed by atoms with E-state index in [0.717, 1.165) is 11.1 Å². The summed E-state index contributed by atoms with van der Waals surface area (Å²) in [5, 5.41) is 11.4. The first-order valence-electron chi connectivity index (χ1n) is 4.56. The van der Waals surface area contributed by atoms with Crippen molar-refractivity contribution >= 4 is 11.3 Å². The van der Waals surface area contributed by atoms with Crippen LogP contribution in [-0.4, -0.2) is 5.11 Å². The molecule has 2 rings (SSSR count). The van der Waals surface area contributed by atoms with Crippen molar-refractivity contribution in [1.29, 1.82) is 0 Å². The van der Waals surface area contributed by atoms with E-state index >= 15 is 0 Å². The summed E-state index contributed by atoms with van der Waals surface area (Å²) < 4.78 is 0. The van der Waals surface area contributed by atoms with Crippen LogP contribution in [0.4, 0.5) is 0 Å². The zero-order valence-electron chi connectivity index (χ0n) is 8.03. The molecular weight excluding hydrogens is 192 g/mol. The number of hydrogen-bond donors (Lipinski definition) is 1. The molecule has 1 aromatic heterocycles. The Labute approximate surface area is 87.7 Å². The topological polar surface area (TPSA) is 20.2 Å². The van der Waals surface area contributed by atoms with Gasteiger partial charge in [-0.15, -0.1) is 11.3 Å². The summed E-state index contributed by atoms with van der Waals surface area (Å²) in [6, 6.07) is 10.2. The molecule has 0 amide bonds. The van der Waals surface area contributed by atoms with Crippen LogP contribution in [0.5, 0.6) is 0 Å². The first kappa shape index (κ1) is 9.44. The van der Waals surface area contributed by atoms with Crippen molar-refractivity contribution in [2.45, 2.75) is 13.5 Å². The van der Waals surface area contributed by atoms with E-state index in [1.807, 2.05) is 25.1 Å². The Balaban J connectivity index is 2.52. The summed E-state index contributed by atoms with van der Waals surface area (Å²) in [6.07, 6.45) is 0. The third-order valence-electron chi connectivity index (χ3n) is 2.35. The SMILES string of the molecule is Cc1scc(-c2ccccc2)c1CO. The Morgan fingerprint density at radius 3 is 2.57 bits per heavy atom. The van der Waals surface area contributed by atoms with Crippen LogP contribution in [0, 0.1) is 6.92 Å². The second-order valence-corrected chi connectivity index (χ2v) is 4.29. The van der Waals surface area contributed by atoms with E-state index in [1.54, 1.807) is 11.3 Å². The van der Waals surface area contributed by atoms with Gasteiger partial charge in [0.15, 0.2) is 0 Å². The van der Waals surface area contributed by atoms with Gasteiger partial charge in [-0.2, -0.15) is 0 Å². The van der Waals surface area contributed by atoms with Gasteiger partial charge in [0.25, 0.3) is 0 Å². The minimum Gasteiger partial charge on any atom is -0.392 e. The normalized spacial score (nSPS) is 10.4. The Kier molecular flexibility index (Phi) is 2.66. The molecule has 0 saturated carbocycles. The predicted octanol–water partition coefficient (Wildman–Crippen LogP) is 3.22. The third kappa shape index (κ3) is 1.59. The fraction of sp³-hybridized carbons (Fsp3) is 0.167. The second-order valence-electron chi connectivity index (χ2n) is 3.21. The van der Waals surface area contributed by atoms with Crippen LogP contribution >= 0.6 is 11.3 Å². The fourth-order valence-corrected chi connectivity index (χ4v) is 2.43. The van der Waals surface area contributed by atoms with Crippen molar-refractivity contribution in [2.75, 3.05) is 0 Å². The molecule has 0 aliphatic heterocycles. The van der Waals surface area contributed by atoms with Crippen LogP contribution in [0.3, 0.4) is 0 Å². The van der Waals surface area contributed by atoms with Crippen molar-refractivity contribution in [3.8, 4) is 11.1 Å². The van der Waals surface area contributed by atoms with Crippen molar-refractivity contribution in [2.24, 2.45) is 0 Å². The molecule has 1 heterocycles. The standard InChI is InChI=1S/C12H12OS/c1-9-11(7-13)12(8-14-9)10-5-3-2-4-6-10/h2-6,8,13H,7H2,1H3. The van der Waals surface area contributed by atoms with Crippen molar-refractivity contribution in [3.05, 3.63) is 46.2 Å². The molecular formula is C12H12OS. The number of aliphatic hydroxyl groups is 1. The van der Waals surface area contributed by atoms with E-state index in [-0.39, 0.29) is 6.61 Å². The molecule has 0 aliphatic carbocycles. The van der Waals surface area contributed by atoms with Gasteiger partial charge in [0.05, 0.1) is 6.61 Å². The number of hydrogen-bond acceptors (Lipinski definition) is 2. The molecule has 0 aliphatic rings. The zero-order valence-corrected chi connectivity index (χ0v) is 8.84. The molecule has 0 radical (unpaired) electrons. The molecule has 0 atom stereocenters. The summed E-state index contributed by atoms with van der Waals surface area (Å²) >= 11 is 1.69. The summed E-state index contributed by atoms with van der Waals surface area (Å²) in [5.74, 6) is 0. The lowest BCUT2D eigenvalue weighted by atomic mass is 10.0. The first-order chi connectivity index (χ1) is 6.83. The third-order valence-corrected chi connectivity index (χ3v) is 3.30. The number of benzene rings is 1. The van der Waals surface area contributed by atoms with E-state index < -0.39 is 0 Å². The average molecular weight is 204 g/mol. The molecule has 14 heavy (non-hydrogen) atoms. The van der Waals surface area contributed by atoms with Crippen molar-refractivity contribution in [3.63, 3.8) is 0 Å². The quantitative estimate of drug-likeness (QED) is 0.796. The molecule has 1 N–H and O–H groups in total. The minimum absolute atomic E-state index is 0.125. The number of rotatable bonds is 2. The van der Waals surface area contributed by atoms with E-state index in [2.05, 4.69) is 17.5 Å². The molecule has 0 saturated heterocycles. The van der Waals surface area contributed by atoms with Gasteiger partial charge < -0.3 is 5.11 Å². The van der Waals surface area contributed by atoms with Crippen LogP contribution < -0.4 is 0 Å². The van der Waals surface area contributed by atoms with Crippen LogP contribution in [0.1, 0.15) is 10.4 Å². The molecule has 0 spiro atoms. The van der Waals surface area contributed by atoms with Crippen LogP contribution in [-0.2, 0) is 6.61 Å². The van der Waals surface area contributed by atoms with Gasteiger partial charge >= 0.3 is 0 Å². The number of aryl methyl sites for hydroxylation is 1. The maximum Gasteiger partial charge on any atom is 0.0698 e. The highest BCUT2D eigenvalue weighted by Crippen LogP contribution is 2.30. The molecule has 72 valence electrons. The summed E-state index contributed by atoms with van der Waals surface area (Å²) in [7, 11) is 0. The van der Waals surface area contributed by atoms with Gasteiger partial charge in [-0.05, 0) is 29.0 Å². The van der Waals surface area contributed by atoms with Gasteiger partial charge in [0.2, 0.25) is 0 Å². The molecule has 1 aromatic carbocycles. The van der Waals surface area contributed by atoms with Crippen LogP contribution in [0.25, 0.3) is 11.1 Å². The Morgan fingerprint density at radius 1 is 1.21 bits per heavy atom. The monoisotopic (exact) mass is 204 g/mol. The fourth-order valence-electron chi connectivity index (χ4n) is 1.54. The lowest BCUT2D eigenvalue weighted by Gasteiger charge is -2.01. The maximum atomic E-state index is 9.26. The highest BCUT2D eigenvalue weighted by atomic mass is 32.1. The molecule has 0 unspecified atom stereocenters. The van der Waals surface area contributed by atoms with E-state index in [0.29, 0.717) is 0 Å². The van der Waals surface area contributed by atoms with Crippen LogP contribution in [0.2, 0.25) is 0 Å². The highest BCUT2D eigenvalue weighted by molar-refractivity contribution is 7.10. The summed E-state index contributed by atoms with van der Waals surface area (Å²) in [5.41, 5.74) is 3.40. The molecule has 2 heteroatoms. The van der Waals surface area contributed by atoms with Crippen molar-refractivity contribution < 1.29 is 5.11 Å². The largest absolute Gasteiger partial charge is 0.392 e. The van der Waals surface area contributed by atoms with Gasteiger partial charge in [0, 0.05) is 4.88 Å². The van der Waals surface area contributed by atoms with E-state index in [1.165, 1.54) is 10.4 Å². The number of thiophene rings is 1. The van der Waals surface area contributed by atoms with Crippen molar-refractivity contribution in [1.82, 2.24) is 0 Å². The first-order valence-corrected chi connectivity index (χ1v) is 5.44. The maximum absolute atomic E-state index is 9.26. The molecule has 0 fully saturated rings. The van der Waals surface area contributed by atoms with Gasteiger partial charge in [-0.1, -0.05) is 30.3 Å². The Morgan fingerprint density at radius 2 is 1.93 bits per heavy atom. The Bertz CT molecular complexity index is 417. The second kappa shape index (κ2) is 3.95. The lowest BCUT2D eigenvalue weighted by Crippen LogP contribution is -1.86. The summed E-state index contributed by atoms with van der Waals surface area (Å²) in [4.78, 5) is 1.20. The average Bonchev–Trinajstić information content (AvgIpc) is 2.61. The smallest absolute Gasteiger partial charge is 0.0698 e. The summed E-state index contributed by atoms with van der Waals surface area (Å²) in [6.45, 7) is 2.17. The highest BCUT2D eigenvalue weighted by Gasteiger charge is 2.08. The van der Waals surface area contributed by atoms with Gasteiger partial charge in [-0.25, -0.2) is 0 Å². The number of aliphatic hydroxyl groups excluding tert-OH is 1. The lowest BCUT2D eigenvalue weighted by molar-refractivity contribution is 0.282. The zero-order chi connectivity index (χ0) is 9.97. The van der Waals surface area contributed by atoms with Crippen LogP contribution in [0.15, 0.2) is 35.7 Å². The molecule has 0 bridgehead atoms. The van der Waals surface area contributed by atoms with Gasteiger partial charge in [0.1, 0.15) is 0 Å². The van der Waals surface area contributed by atoms with Gasteiger partial charge in [-0.3, -0.25) is 0 Å². The van der Waals surface area contributed by atoms with E-state index in [9.17, 15) is 5.11 Å².